The Morgan fingerprint density at radius 2 is 1.70 bits per heavy atom. The Labute approximate surface area is 139 Å². The average Bonchev–Trinajstić information content (AvgIpc) is 2.52. The van der Waals surface area contributed by atoms with Crippen molar-refractivity contribution in [1.82, 2.24) is 15.2 Å². The van der Waals surface area contributed by atoms with E-state index in [0.717, 1.165) is 22.5 Å². The van der Waals surface area contributed by atoms with E-state index in [2.05, 4.69) is 51.8 Å². The van der Waals surface area contributed by atoms with Crippen molar-refractivity contribution in [2.45, 2.75) is 13.8 Å². The van der Waals surface area contributed by atoms with Crippen molar-refractivity contribution >= 4 is 34.7 Å². The minimum absolute atomic E-state index is 0.406. The zero-order valence-electron chi connectivity index (χ0n) is 12.8. The summed E-state index contributed by atoms with van der Waals surface area (Å²) in [5, 5.41) is 15.0. The molecule has 0 spiro atoms. The van der Waals surface area contributed by atoms with Gasteiger partial charge in [-0.3, -0.25) is 0 Å². The van der Waals surface area contributed by atoms with Gasteiger partial charge >= 0.3 is 0 Å². The van der Waals surface area contributed by atoms with Gasteiger partial charge in [-0.1, -0.05) is 35.9 Å². The predicted octanol–water partition coefficient (Wildman–Crippen LogP) is 4.63. The highest BCUT2D eigenvalue weighted by Crippen LogP contribution is 2.24. The number of halogens is 1. The summed E-state index contributed by atoms with van der Waals surface area (Å²) in [5.74, 6) is 1.03. The molecule has 2 aromatic carbocycles. The standard InChI is InChI=1S/C17H16ClN5/c1-11-5-3-6-12(2)16(11)21-15-10-19-23-17(22-15)20-14-8-4-7-13(18)9-14/h3-10H,1-2H3,(H2,20,21,22,23). The summed E-state index contributed by atoms with van der Waals surface area (Å²) < 4.78 is 0. The molecular formula is C17H16ClN5. The topological polar surface area (TPSA) is 62.7 Å². The molecule has 0 atom stereocenters. The molecule has 0 amide bonds. The van der Waals surface area contributed by atoms with Crippen LogP contribution in [0.25, 0.3) is 0 Å². The van der Waals surface area contributed by atoms with E-state index >= 15 is 0 Å². The molecule has 0 aliphatic rings. The van der Waals surface area contributed by atoms with Gasteiger partial charge in [-0.2, -0.15) is 10.1 Å². The van der Waals surface area contributed by atoms with Crippen LogP contribution in [0.4, 0.5) is 23.1 Å². The second-order valence-electron chi connectivity index (χ2n) is 5.19. The van der Waals surface area contributed by atoms with Crippen LogP contribution in [0.3, 0.4) is 0 Å². The molecular weight excluding hydrogens is 310 g/mol. The number of hydrogen-bond acceptors (Lipinski definition) is 5. The van der Waals surface area contributed by atoms with E-state index in [1.165, 1.54) is 0 Å². The Kier molecular flexibility index (Phi) is 4.39. The minimum atomic E-state index is 0.406. The van der Waals surface area contributed by atoms with Gasteiger partial charge < -0.3 is 10.6 Å². The summed E-state index contributed by atoms with van der Waals surface area (Å²) in [6.45, 7) is 4.10. The summed E-state index contributed by atoms with van der Waals surface area (Å²) in [4.78, 5) is 4.44. The number of benzene rings is 2. The lowest BCUT2D eigenvalue weighted by molar-refractivity contribution is 0.982. The van der Waals surface area contributed by atoms with Gasteiger partial charge in [-0.15, -0.1) is 5.10 Å². The van der Waals surface area contributed by atoms with Crippen LogP contribution in [0.15, 0.2) is 48.7 Å². The Morgan fingerprint density at radius 1 is 0.957 bits per heavy atom. The number of aryl methyl sites for hydroxylation is 2. The first-order chi connectivity index (χ1) is 11.1. The van der Waals surface area contributed by atoms with Crippen molar-refractivity contribution in [3.05, 3.63) is 64.8 Å². The van der Waals surface area contributed by atoms with Gasteiger partial charge in [0.05, 0.1) is 6.20 Å². The van der Waals surface area contributed by atoms with Crippen molar-refractivity contribution in [3.63, 3.8) is 0 Å². The van der Waals surface area contributed by atoms with Crippen LogP contribution >= 0.6 is 11.6 Å². The number of rotatable bonds is 4. The quantitative estimate of drug-likeness (QED) is 0.732. The lowest BCUT2D eigenvalue weighted by atomic mass is 10.1. The van der Waals surface area contributed by atoms with Crippen LogP contribution < -0.4 is 10.6 Å². The SMILES string of the molecule is Cc1cccc(C)c1Nc1cnnc(Nc2cccc(Cl)c2)n1. The monoisotopic (exact) mass is 325 g/mol. The van der Waals surface area contributed by atoms with Gasteiger partial charge in [-0.05, 0) is 43.2 Å². The van der Waals surface area contributed by atoms with Crippen LogP contribution in [-0.4, -0.2) is 15.2 Å². The van der Waals surface area contributed by atoms with E-state index in [4.69, 9.17) is 11.6 Å². The zero-order valence-corrected chi connectivity index (χ0v) is 13.6. The number of aromatic nitrogens is 3. The van der Waals surface area contributed by atoms with Crippen LogP contribution in [0, 0.1) is 13.8 Å². The normalized spacial score (nSPS) is 10.4. The molecule has 0 aliphatic heterocycles. The highest BCUT2D eigenvalue weighted by atomic mass is 35.5. The van der Waals surface area contributed by atoms with E-state index in [-0.39, 0.29) is 0 Å². The Bertz CT molecular complexity index is 814. The van der Waals surface area contributed by atoms with Crippen LogP contribution in [-0.2, 0) is 0 Å². The second kappa shape index (κ2) is 6.62. The van der Waals surface area contributed by atoms with Gasteiger partial charge in [0.2, 0.25) is 5.95 Å². The van der Waals surface area contributed by atoms with E-state index in [0.29, 0.717) is 16.8 Å². The molecule has 5 nitrogen and oxygen atoms in total. The Morgan fingerprint density at radius 3 is 2.43 bits per heavy atom. The lowest BCUT2D eigenvalue weighted by Crippen LogP contribution is -2.03. The molecule has 0 saturated carbocycles. The fourth-order valence-corrected chi connectivity index (χ4v) is 2.44. The van der Waals surface area contributed by atoms with Crippen LogP contribution in [0.2, 0.25) is 5.02 Å². The van der Waals surface area contributed by atoms with E-state index in [1.54, 1.807) is 12.3 Å². The Hall–Kier alpha value is -2.66. The number of nitrogens with one attached hydrogen (secondary N) is 2. The third kappa shape index (κ3) is 3.76. The molecule has 0 fully saturated rings. The molecule has 0 bridgehead atoms. The van der Waals surface area contributed by atoms with Crippen molar-refractivity contribution in [2.75, 3.05) is 10.6 Å². The summed E-state index contributed by atoms with van der Waals surface area (Å²) in [7, 11) is 0. The first kappa shape index (κ1) is 15.2. The molecule has 1 heterocycles. The smallest absolute Gasteiger partial charge is 0.249 e. The van der Waals surface area contributed by atoms with Gasteiger partial charge in [0.25, 0.3) is 0 Å². The van der Waals surface area contributed by atoms with Gasteiger partial charge in [0.1, 0.15) is 0 Å². The predicted molar refractivity (Wildman–Crippen MR) is 93.8 cm³/mol. The molecule has 0 saturated heterocycles. The van der Waals surface area contributed by atoms with E-state index in [9.17, 15) is 0 Å². The summed E-state index contributed by atoms with van der Waals surface area (Å²) in [5.41, 5.74) is 4.13. The van der Waals surface area contributed by atoms with Crippen LogP contribution in [0.5, 0.6) is 0 Å². The van der Waals surface area contributed by atoms with Crippen molar-refractivity contribution in [2.24, 2.45) is 0 Å². The maximum Gasteiger partial charge on any atom is 0.249 e. The van der Waals surface area contributed by atoms with Crippen molar-refractivity contribution < 1.29 is 0 Å². The van der Waals surface area contributed by atoms with Gasteiger partial charge in [0.15, 0.2) is 5.82 Å². The summed E-state index contributed by atoms with van der Waals surface area (Å²) in [6.07, 6.45) is 1.59. The third-order valence-corrected chi connectivity index (χ3v) is 3.61. The summed E-state index contributed by atoms with van der Waals surface area (Å²) in [6, 6.07) is 13.5. The highest BCUT2D eigenvalue weighted by Gasteiger charge is 2.06. The fourth-order valence-electron chi connectivity index (χ4n) is 2.25. The molecule has 3 rings (SSSR count). The maximum absolute atomic E-state index is 5.98. The highest BCUT2D eigenvalue weighted by molar-refractivity contribution is 6.30. The van der Waals surface area contributed by atoms with Crippen LogP contribution in [0.1, 0.15) is 11.1 Å². The fraction of sp³-hybridized carbons (Fsp3) is 0.118. The first-order valence-electron chi connectivity index (χ1n) is 7.17. The maximum atomic E-state index is 5.98. The molecule has 0 radical (unpaired) electrons. The van der Waals surface area contributed by atoms with Gasteiger partial charge in [-0.25, -0.2) is 0 Å². The number of hydrogen-bond donors (Lipinski definition) is 2. The Balaban J connectivity index is 1.83. The molecule has 2 N–H and O–H groups in total. The molecule has 1 aromatic heterocycles. The zero-order chi connectivity index (χ0) is 16.2. The lowest BCUT2D eigenvalue weighted by Gasteiger charge is -2.12. The first-order valence-corrected chi connectivity index (χ1v) is 7.55. The minimum Gasteiger partial charge on any atom is -0.338 e. The average molecular weight is 326 g/mol. The third-order valence-electron chi connectivity index (χ3n) is 3.37. The van der Waals surface area contributed by atoms with E-state index in [1.807, 2.05) is 24.3 Å². The second-order valence-corrected chi connectivity index (χ2v) is 5.63. The number of para-hydroxylation sites is 1. The number of anilines is 4. The largest absolute Gasteiger partial charge is 0.338 e. The number of nitrogens with zero attached hydrogens (tertiary/aromatic N) is 3. The molecule has 0 aliphatic carbocycles. The summed E-state index contributed by atoms with van der Waals surface area (Å²) >= 11 is 5.98. The van der Waals surface area contributed by atoms with Crippen molar-refractivity contribution in [1.29, 1.82) is 0 Å². The molecule has 3 aromatic rings. The molecule has 116 valence electrons. The molecule has 23 heavy (non-hydrogen) atoms. The molecule has 6 heteroatoms. The van der Waals surface area contributed by atoms with Crippen molar-refractivity contribution in [3.8, 4) is 0 Å². The van der Waals surface area contributed by atoms with E-state index < -0.39 is 0 Å². The van der Waals surface area contributed by atoms with Gasteiger partial charge in [0, 0.05) is 16.4 Å². The molecule has 0 unspecified atom stereocenters.